The first-order chi connectivity index (χ1) is 10.0. The second-order valence-corrected chi connectivity index (χ2v) is 4.31. The van der Waals surface area contributed by atoms with Gasteiger partial charge < -0.3 is 10.1 Å². The van der Waals surface area contributed by atoms with E-state index >= 15 is 0 Å². The highest BCUT2D eigenvalue weighted by molar-refractivity contribution is 5.37. The zero-order chi connectivity index (χ0) is 15.4. The molecule has 2 nitrogen and oxygen atoms in total. The minimum absolute atomic E-state index is 0.0699. The maximum atomic E-state index is 13.9. The molecule has 0 aliphatic rings. The second-order valence-electron chi connectivity index (χ2n) is 4.31. The molecule has 1 unspecified atom stereocenters. The highest BCUT2D eigenvalue weighted by Crippen LogP contribution is 2.29. The lowest BCUT2D eigenvalue weighted by molar-refractivity contribution is -0.0498. The van der Waals surface area contributed by atoms with Crippen molar-refractivity contribution in [2.24, 2.45) is 0 Å². The Labute approximate surface area is 119 Å². The summed E-state index contributed by atoms with van der Waals surface area (Å²) >= 11 is 0. The van der Waals surface area contributed by atoms with Crippen LogP contribution < -0.4 is 10.1 Å². The largest absolute Gasteiger partial charge is 0.435 e. The number of hydrogen-bond donors (Lipinski definition) is 1. The summed E-state index contributed by atoms with van der Waals surface area (Å²) in [5.74, 6) is -1.50. The third kappa shape index (κ3) is 3.52. The Kier molecular flexibility index (Phi) is 4.80. The maximum Gasteiger partial charge on any atom is 0.387 e. The number of ether oxygens (including phenoxy) is 1. The van der Waals surface area contributed by atoms with E-state index in [4.69, 9.17) is 0 Å². The third-order valence-electron chi connectivity index (χ3n) is 2.99. The Morgan fingerprint density at radius 2 is 1.62 bits per heavy atom. The summed E-state index contributed by atoms with van der Waals surface area (Å²) in [5, 5.41) is 2.77. The van der Waals surface area contributed by atoms with E-state index in [9.17, 15) is 17.6 Å². The van der Waals surface area contributed by atoms with Gasteiger partial charge in [-0.05, 0) is 36.9 Å². The van der Waals surface area contributed by atoms with Crippen LogP contribution in [0.3, 0.4) is 0 Å². The predicted octanol–water partition coefficient (Wildman–Crippen LogP) is 3.88. The van der Waals surface area contributed by atoms with Gasteiger partial charge in [0, 0.05) is 5.56 Å². The molecule has 0 saturated carbocycles. The smallest absolute Gasteiger partial charge is 0.387 e. The van der Waals surface area contributed by atoms with Gasteiger partial charge in [0.15, 0.2) is 0 Å². The molecule has 6 heteroatoms. The molecule has 0 aliphatic heterocycles. The SMILES string of the molecule is CNC(c1cccc(OC(F)F)c1)c1c(F)cccc1F. The van der Waals surface area contributed by atoms with Crippen molar-refractivity contribution in [2.45, 2.75) is 12.7 Å². The standard InChI is InChI=1S/C15H13F4NO/c1-20-14(13-11(16)6-3-7-12(13)17)9-4-2-5-10(8-9)21-15(18)19/h2-8,14-15,20H,1H3. The molecule has 0 spiro atoms. The van der Waals surface area contributed by atoms with E-state index in [0.717, 1.165) is 12.1 Å². The minimum Gasteiger partial charge on any atom is -0.435 e. The average molecular weight is 299 g/mol. The van der Waals surface area contributed by atoms with E-state index in [-0.39, 0.29) is 11.3 Å². The molecule has 1 N–H and O–H groups in total. The van der Waals surface area contributed by atoms with Gasteiger partial charge in [0.05, 0.1) is 6.04 Å². The number of hydrogen-bond acceptors (Lipinski definition) is 2. The van der Waals surface area contributed by atoms with Crippen LogP contribution in [-0.2, 0) is 0 Å². The quantitative estimate of drug-likeness (QED) is 0.846. The first-order valence-corrected chi connectivity index (χ1v) is 6.19. The normalized spacial score (nSPS) is 12.5. The predicted molar refractivity (Wildman–Crippen MR) is 70.3 cm³/mol. The van der Waals surface area contributed by atoms with Crippen LogP contribution in [0, 0.1) is 11.6 Å². The molecule has 2 rings (SSSR count). The highest BCUT2D eigenvalue weighted by Gasteiger charge is 2.21. The van der Waals surface area contributed by atoms with Gasteiger partial charge in [-0.25, -0.2) is 8.78 Å². The van der Waals surface area contributed by atoms with Gasteiger partial charge in [0.1, 0.15) is 17.4 Å². The molecule has 0 aliphatic carbocycles. The summed E-state index contributed by atoms with van der Waals surface area (Å²) in [7, 11) is 1.52. The molecular weight excluding hydrogens is 286 g/mol. The number of halogens is 4. The number of rotatable bonds is 5. The van der Waals surface area contributed by atoms with Gasteiger partial charge in [-0.3, -0.25) is 0 Å². The lowest BCUT2D eigenvalue weighted by Crippen LogP contribution is -2.20. The van der Waals surface area contributed by atoms with Crippen LogP contribution in [-0.4, -0.2) is 13.7 Å². The molecule has 0 radical (unpaired) electrons. The molecule has 2 aromatic rings. The fourth-order valence-corrected chi connectivity index (χ4v) is 2.13. The number of alkyl halides is 2. The van der Waals surface area contributed by atoms with Gasteiger partial charge in [-0.1, -0.05) is 18.2 Å². The zero-order valence-electron chi connectivity index (χ0n) is 11.1. The van der Waals surface area contributed by atoms with Gasteiger partial charge >= 0.3 is 6.61 Å². The molecule has 0 aromatic heterocycles. The van der Waals surface area contributed by atoms with E-state index in [1.165, 1.54) is 31.3 Å². The highest BCUT2D eigenvalue weighted by atomic mass is 19.3. The summed E-state index contributed by atoms with van der Waals surface area (Å²) in [4.78, 5) is 0. The summed E-state index contributed by atoms with van der Waals surface area (Å²) < 4.78 is 56.5. The minimum atomic E-state index is -2.96. The molecule has 0 heterocycles. The first-order valence-electron chi connectivity index (χ1n) is 6.19. The third-order valence-corrected chi connectivity index (χ3v) is 2.99. The second kappa shape index (κ2) is 6.58. The summed E-state index contributed by atoms with van der Waals surface area (Å²) in [6.07, 6.45) is 0. The van der Waals surface area contributed by atoms with E-state index < -0.39 is 24.3 Å². The van der Waals surface area contributed by atoms with E-state index in [0.29, 0.717) is 5.56 Å². The first kappa shape index (κ1) is 15.3. The molecule has 0 fully saturated rings. The van der Waals surface area contributed by atoms with E-state index in [2.05, 4.69) is 10.1 Å². The van der Waals surface area contributed by atoms with Crippen molar-refractivity contribution in [1.29, 1.82) is 0 Å². The zero-order valence-corrected chi connectivity index (χ0v) is 11.1. The topological polar surface area (TPSA) is 21.3 Å². The van der Waals surface area contributed by atoms with Crippen molar-refractivity contribution in [3.63, 3.8) is 0 Å². The Balaban J connectivity index is 2.42. The Morgan fingerprint density at radius 3 is 2.19 bits per heavy atom. The molecule has 1 atom stereocenters. The van der Waals surface area contributed by atoms with Crippen LogP contribution in [0.1, 0.15) is 17.2 Å². The molecular formula is C15H13F4NO. The fraction of sp³-hybridized carbons (Fsp3) is 0.200. The number of nitrogens with one attached hydrogen (secondary N) is 1. The fourth-order valence-electron chi connectivity index (χ4n) is 2.13. The van der Waals surface area contributed by atoms with Crippen LogP contribution in [0.2, 0.25) is 0 Å². The molecule has 2 aromatic carbocycles. The van der Waals surface area contributed by atoms with Gasteiger partial charge in [0.2, 0.25) is 0 Å². The summed E-state index contributed by atoms with van der Waals surface area (Å²) in [6, 6.07) is 8.45. The molecule has 0 amide bonds. The van der Waals surface area contributed by atoms with Crippen molar-refractivity contribution < 1.29 is 22.3 Å². The van der Waals surface area contributed by atoms with Crippen molar-refractivity contribution in [1.82, 2.24) is 5.32 Å². The van der Waals surface area contributed by atoms with Crippen LogP contribution in [0.15, 0.2) is 42.5 Å². The van der Waals surface area contributed by atoms with Crippen molar-refractivity contribution >= 4 is 0 Å². The van der Waals surface area contributed by atoms with Crippen LogP contribution in [0.25, 0.3) is 0 Å². The van der Waals surface area contributed by atoms with Gasteiger partial charge in [0.25, 0.3) is 0 Å². The monoisotopic (exact) mass is 299 g/mol. The van der Waals surface area contributed by atoms with Gasteiger partial charge in [-0.2, -0.15) is 8.78 Å². The number of benzene rings is 2. The Hall–Kier alpha value is -2.08. The van der Waals surface area contributed by atoms with Crippen molar-refractivity contribution in [2.75, 3.05) is 7.05 Å². The van der Waals surface area contributed by atoms with E-state index in [1.54, 1.807) is 6.07 Å². The molecule has 21 heavy (non-hydrogen) atoms. The van der Waals surface area contributed by atoms with Crippen LogP contribution in [0.4, 0.5) is 17.6 Å². The van der Waals surface area contributed by atoms with Crippen LogP contribution >= 0.6 is 0 Å². The molecule has 0 bridgehead atoms. The van der Waals surface area contributed by atoms with Gasteiger partial charge in [-0.15, -0.1) is 0 Å². The Bertz CT molecular complexity index is 598. The summed E-state index contributed by atoms with van der Waals surface area (Å²) in [5.41, 5.74) is 0.244. The van der Waals surface area contributed by atoms with E-state index in [1.807, 2.05) is 0 Å². The lowest BCUT2D eigenvalue weighted by atomic mass is 9.97. The average Bonchev–Trinajstić information content (AvgIpc) is 2.42. The van der Waals surface area contributed by atoms with Crippen molar-refractivity contribution in [3.05, 3.63) is 65.2 Å². The van der Waals surface area contributed by atoms with Crippen LogP contribution in [0.5, 0.6) is 5.75 Å². The van der Waals surface area contributed by atoms with Crippen molar-refractivity contribution in [3.8, 4) is 5.75 Å². The summed E-state index contributed by atoms with van der Waals surface area (Å²) in [6.45, 7) is -2.96. The maximum absolute atomic E-state index is 13.9. The Morgan fingerprint density at radius 1 is 1.00 bits per heavy atom. The lowest BCUT2D eigenvalue weighted by Gasteiger charge is -2.19. The molecule has 112 valence electrons. The molecule has 0 saturated heterocycles.